The van der Waals surface area contributed by atoms with Crippen molar-refractivity contribution in [1.29, 1.82) is 0 Å². The predicted octanol–water partition coefficient (Wildman–Crippen LogP) is -1.84. The summed E-state index contributed by atoms with van der Waals surface area (Å²) in [5.41, 5.74) is 14.4. The van der Waals surface area contributed by atoms with Crippen LogP contribution in [-0.2, 0) is 14.4 Å². The van der Waals surface area contributed by atoms with Gasteiger partial charge < -0.3 is 17.2 Å². The fourth-order valence-electron chi connectivity index (χ4n) is 2.31. The van der Waals surface area contributed by atoms with Gasteiger partial charge in [0.05, 0.1) is 5.92 Å². The summed E-state index contributed by atoms with van der Waals surface area (Å²) in [6.07, 6.45) is -0.00375. The Morgan fingerprint density at radius 1 is 1.17 bits per heavy atom. The summed E-state index contributed by atoms with van der Waals surface area (Å²) < 4.78 is 0. The van der Waals surface area contributed by atoms with Crippen LogP contribution in [0.5, 0.6) is 0 Å². The van der Waals surface area contributed by atoms with Crippen LogP contribution in [-0.4, -0.2) is 41.8 Å². The molecule has 18 heavy (non-hydrogen) atoms. The Morgan fingerprint density at radius 3 is 2.00 bits per heavy atom. The third-order valence-corrected chi connectivity index (χ3v) is 3.60. The molecule has 0 bridgehead atoms. The lowest BCUT2D eigenvalue weighted by atomic mass is 9.73. The average molecular weight is 256 g/mol. The molecule has 0 aromatic rings. The number of carbonyl (C=O) groups is 3. The Morgan fingerprint density at radius 2 is 1.67 bits per heavy atom. The first-order chi connectivity index (χ1) is 8.20. The molecule has 7 heteroatoms. The van der Waals surface area contributed by atoms with Gasteiger partial charge in [-0.3, -0.25) is 19.3 Å². The van der Waals surface area contributed by atoms with Crippen molar-refractivity contribution in [2.45, 2.75) is 26.3 Å². The van der Waals surface area contributed by atoms with Crippen LogP contribution in [0.25, 0.3) is 0 Å². The second kappa shape index (κ2) is 4.93. The maximum Gasteiger partial charge on any atom is 0.234 e. The Labute approximate surface area is 106 Å². The zero-order valence-corrected chi connectivity index (χ0v) is 10.7. The standard InChI is InChI=1S/C11H20N4O3/c1-6(2)15-4-7(8(12)16)3-11(5-15,9(13)17)10(14)18/h6-7H,3-5H2,1-2H3,(H2,12,16)(H2,13,17)(H2,14,18). The number of likely N-dealkylation sites (tertiary alicyclic amines) is 1. The molecule has 0 radical (unpaired) electrons. The van der Waals surface area contributed by atoms with E-state index in [1.807, 2.05) is 18.7 Å². The molecule has 0 saturated carbocycles. The Hall–Kier alpha value is -1.63. The molecular formula is C11H20N4O3. The monoisotopic (exact) mass is 256 g/mol. The normalized spacial score (nSPS) is 23.8. The van der Waals surface area contributed by atoms with Gasteiger partial charge in [0, 0.05) is 19.1 Å². The van der Waals surface area contributed by atoms with Crippen molar-refractivity contribution in [1.82, 2.24) is 4.90 Å². The number of amides is 3. The molecule has 0 aliphatic carbocycles. The Kier molecular flexibility index (Phi) is 3.95. The average Bonchev–Trinajstić information content (AvgIpc) is 2.27. The second-order valence-electron chi connectivity index (χ2n) is 5.14. The van der Waals surface area contributed by atoms with Gasteiger partial charge in [-0.1, -0.05) is 0 Å². The van der Waals surface area contributed by atoms with Gasteiger partial charge >= 0.3 is 0 Å². The van der Waals surface area contributed by atoms with E-state index in [-0.39, 0.29) is 19.0 Å². The fraction of sp³-hybridized carbons (Fsp3) is 0.727. The molecule has 1 saturated heterocycles. The van der Waals surface area contributed by atoms with Crippen LogP contribution < -0.4 is 17.2 Å². The first kappa shape index (κ1) is 14.4. The number of hydrogen-bond donors (Lipinski definition) is 3. The molecule has 0 aromatic heterocycles. The number of rotatable bonds is 4. The van der Waals surface area contributed by atoms with Crippen molar-refractivity contribution in [3.63, 3.8) is 0 Å². The predicted molar refractivity (Wildman–Crippen MR) is 64.8 cm³/mol. The number of piperidine rings is 1. The van der Waals surface area contributed by atoms with Gasteiger partial charge in [0.2, 0.25) is 17.7 Å². The molecular weight excluding hydrogens is 236 g/mol. The lowest BCUT2D eigenvalue weighted by Gasteiger charge is -2.43. The summed E-state index contributed by atoms with van der Waals surface area (Å²) in [7, 11) is 0. The van der Waals surface area contributed by atoms with E-state index in [4.69, 9.17) is 17.2 Å². The van der Waals surface area contributed by atoms with Crippen molar-refractivity contribution in [2.75, 3.05) is 13.1 Å². The Bertz CT molecular complexity index is 366. The van der Waals surface area contributed by atoms with Gasteiger partial charge in [-0.05, 0) is 20.3 Å². The van der Waals surface area contributed by atoms with Crippen LogP contribution in [0.1, 0.15) is 20.3 Å². The van der Waals surface area contributed by atoms with Crippen molar-refractivity contribution >= 4 is 17.7 Å². The topological polar surface area (TPSA) is 133 Å². The SMILES string of the molecule is CC(C)N1CC(C(N)=O)CC(C(N)=O)(C(N)=O)C1. The summed E-state index contributed by atoms with van der Waals surface area (Å²) >= 11 is 0. The molecule has 0 spiro atoms. The number of carbonyl (C=O) groups excluding carboxylic acids is 3. The first-order valence-corrected chi connectivity index (χ1v) is 5.84. The van der Waals surface area contributed by atoms with Gasteiger partial charge in [0.15, 0.2) is 0 Å². The molecule has 1 aliphatic rings. The maximum atomic E-state index is 11.6. The van der Waals surface area contributed by atoms with Crippen LogP contribution in [0.2, 0.25) is 0 Å². The minimum absolute atomic E-state index is 0.00375. The maximum absolute atomic E-state index is 11.6. The highest BCUT2D eigenvalue weighted by atomic mass is 16.2. The van der Waals surface area contributed by atoms with Crippen LogP contribution >= 0.6 is 0 Å². The third kappa shape index (κ3) is 2.45. The smallest absolute Gasteiger partial charge is 0.234 e. The van der Waals surface area contributed by atoms with Crippen LogP contribution in [0.3, 0.4) is 0 Å². The van der Waals surface area contributed by atoms with Crippen molar-refractivity contribution in [3.05, 3.63) is 0 Å². The lowest BCUT2D eigenvalue weighted by Crippen LogP contribution is -2.61. The fourth-order valence-corrected chi connectivity index (χ4v) is 2.31. The highest BCUT2D eigenvalue weighted by Crippen LogP contribution is 2.33. The van der Waals surface area contributed by atoms with Gasteiger partial charge in [0.1, 0.15) is 5.41 Å². The highest BCUT2D eigenvalue weighted by Gasteiger charge is 2.50. The lowest BCUT2D eigenvalue weighted by molar-refractivity contribution is -0.147. The molecule has 1 aliphatic heterocycles. The quantitative estimate of drug-likeness (QED) is 0.510. The van der Waals surface area contributed by atoms with Crippen molar-refractivity contribution in [3.8, 4) is 0 Å². The van der Waals surface area contributed by atoms with Crippen molar-refractivity contribution < 1.29 is 14.4 Å². The van der Waals surface area contributed by atoms with E-state index < -0.39 is 29.1 Å². The zero-order valence-electron chi connectivity index (χ0n) is 10.7. The highest BCUT2D eigenvalue weighted by molar-refractivity contribution is 6.04. The second-order valence-corrected chi connectivity index (χ2v) is 5.14. The van der Waals surface area contributed by atoms with E-state index in [0.717, 1.165) is 0 Å². The van der Waals surface area contributed by atoms with E-state index in [2.05, 4.69) is 0 Å². The molecule has 3 amide bonds. The van der Waals surface area contributed by atoms with Crippen molar-refractivity contribution in [2.24, 2.45) is 28.5 Å². The molecule has 1 rings (SSSR count). The number of nitrogens with zero attached hydrogens (tertiary/aromatic N) is 1. The summed E-state index contributed by atoms with van der Waals surface area (Å²) in [6, 6.07) is 0.0604. The van der Waals surface area contributed by atoms with E-state index in [9.17, 15) is 14.4 Å². The molecule has 1 fully saturated rings. The van der Waals surface area contributed by atoms with Gasteiger partial charge in [-0.2, -0.15) is 0 Å². The molecule has 6 N–H and O–H groups in total. The van der Waals surface area contributed by atoms with Gasteiger partial charge in [0.25, 0.3) is 0 Å². The molecule has 1 heterocycles. The summed E-state index contributed by atoms with van der Waals surface area (Å²) in [5.74, 6) is -2.74. The van der Waals surface area contributed by atoms with E-state index in [1.54, 1.807) is 0 Å². The van der Waals surface area contributed by atoms with E-state index in [1.165, 1.54) is 0 Å². The number of hydrogen-bond acceptors (Lipinski definition) is 4. The minimum Gasteiger partial charge on any atom is -0.369 e. The largest absolute Gasteiger partial charge is 0.369 e. The molecule has 0 aromatic carbocycles. The molecule has 1 unspecified atom stereocenters. The van der Waals surface area contributed by atoms with Crippen LogP contribution in [0, 0.1) is 11.3 Å². The Balaban J connectivity index is 3.14. The third-order valence-electron chi connectivity index (χ3n) is 3.60. The van der Waals surface area contributed by atoms with E-state index in [0.29, 0.717) is 6.54 Å². The minimum atomic E-state index is -1.51. The molecule has 1 atom stereocenters. The first-order valence-electron chi connectivity index (χ1n) is 5.84. The number of nitrogens with two attached hydrogens (primary N) is 3. The molecule has 7 nitrogen and oxygen atoms in total. The summed E-state index contributed by atoms with van der Waals surface area (Å²) in [5, 5.41) is 0. The van der Waals surface area contributed by atoms with E-state index >= 15 is 0 Å². The van der Waals surface area contributed by atoms with Gasteiger partial charge in [-0.25, -0.2) is 0 Å². The van der Waals surface area contributed by atoms with Crippen LogP contribution in [0.4, 0.5) is 0 Å². The van der Waals surface area contributed by atoms with Gasteiger partial charge in [-0.15, -0.1) is 0 Å². The molecule has 102 valence electrons. The number of primary amides is 3. The van der Waals surface area contributed by atoms with Crippen LogP contribution in [0.15, 0.2) is 0 Å². The summed E-state index contributed by atoms with van der Waals surface area (Å²) in [4.78, 5) is 36.4. The zero-order chi connectivity index (χ0) is 14.1. The summed E-state index contributed by atoms with van der Waals surface area (Å²) in [6.45, 7) is 4.35.